The fourth-order valence-corrected chi connectivity index (χ4v) is 3.40. The van der Waals surface area contributed by atoms with E-state index in [4.69, 9.17) is 4.74 Å². The number of halogens is 3. The second kappa shape index (κ2) is 7.76. The quantitative estimate of drug-likeness (QED) is 0.866. The Kier molecular flexibility index (Phi) is 6.17. The fourth-order valence-electron chi connectivity index (χ4n) is 3.40. The second-order valence-electron chi connectivity index (χ2n) is 6.47. The van der Waals surface area contributed by atoms with Gasteiger partial charge in [0.25, 0.3) is 5.92 Å². The summed E-state index contributed by atoms with van der Waals surface area (Å²) in [6, 6.07) is 9.22. The smallest absolute Gasteiger partial charge is 0.262 e. The van der Waals surface area contributed by atoms with Crippen LogP contribution in [0.5, 0.6) is 0 Å². The standard InChI is InChI=1S/C17H22F2N2O2.ClH/c18-17(19)10-14(20-12-17)15(22)21-11-16(6-8-23-9-7-16)13-4-2-1-3-5-13;/h1-5,14,20H,6-12H2,(H,21,22);1H. The maximum Gasteiger partial charge on any atom is 0.262 e. The zero-order valence-corrected chi connectivity index (χ0v) is 14.2. The molecule has 1 atom stereocenters. The number of carbonyl (C=O) groups is 1. The van der Waals surface area contributed by atoms with Gasteiger partial charge in [0.1, 0.15) is 0 Å². The molecule has 2 N–H and O–H groups in total. The third-order valence-corrected chi connectivity index (χ3v) is 4.86. The summed E-state index contributed by atoms with van der Waals surface area (Å²) >= 11 is 0. The van der Waals surface area contributed by atoms with Crippen molar-refractivity contribution in [2.24, 2.45) is 0 Å². The first kappa shape index (κ1) is 19.1. The number of hydrogen-bond acceptors (Lipinski definition) is 3. The molecule has 7 heteroatoms. The first-order valence-electron chi connectivity index (χ1n) is 8.03. The average molecular weight is 361 g/mol. The largest absolute Gasteiger partial charge is 0.381 e. The van der Waals surface area contributed by atoms with E-state index >= 15 is 0 Å². The average Bonchev–Trinajstić information content (AvgIpc) is 2.94. The molecule has 2 saturated heterocycles. The molecule has 1 unspecified atom stereocenters. The molecule has 2 aliphatic rings. The molecule has 0 aromatic heterocycles. The topological polar surface area (TPSA) is 50.4 Å². The first-order chi connectivity index (χ1) is 11.0. The lowest BCUT2D eigenvalue weighted by atomic mass is 9.74. The number of rotatable bonds is 4. The summed E-state index contributed by atoms with van der Waals surface area (Å²) in [7, 11) is 0. The van der Waals surface area contributed by atoms with Crippen LogP contribution >= 0.6 is 12.4 Å². The van der Waals surface area contributed by atoms with Crippen molar-refractivity contribution in [3.63, 3.8) is 0 Å². The Hall–Kier alpha value is -1.24. The number of ether oxygens (including phenoxy) is 1. The number of hydrogen-bond donors (Lipinski definition) is 2. The van der Waals surface area contributed by atoms with Crippen molar-refractivity contribution in [1.82, 2.24) is 10.6 Å². The van der Waals surface area contributed by atoms with Gasteiger partial charge >= 0.3 is 0 Å². The first-order valence-corrected chi connectivity index (χ1v) is 8.03. The van der Waals surface area contributed by atoms with Gasteiger partial charge in [0.05, 0.1) is 12.6 Å². The Morgan fingerprint density at radius 2 is 1.92 bits per heavy atom. The lowest BCUT2D eigenvalue weighted by Gasteiger charge is -2.38. The summed E-state index contributed by atoms with van der Waals surface area (Å²) in [6.07, 6.45) is 1.19. The highest BCUT2D eigenvalue weighted by molar-refractivity contribution is 5.85. The maximum absolute atomic E-state index is 13.2. The lowest BCUT2D eigenvalue weighted by Crippen LogP contribution is -2.48. The van der Waals surface area contributed by atoms with Gasteiger partial charge in [0, 0.05) is 31.6 Å². The van der Waals surface area contributed by atoms with Crippen LogP contribution in [0.3, 0.4) is 0 Å². The van der Waals surface area contributed by atoms with Crippen LogP contribution in [-0.4, -0.2) is 44.2 Å². The predicted octanol–water partition coefficient (Wildman–Crippen LogP) is 2.27. The van der Waals surface area contributed by atoms with E-state index in [1.807, 2.05) is 18.2 Å². The molecule has 1 aromatic rings. The van der Waals surface area contributed by atoms with Crippen LogP contribution < -0.4 is 10.6 Å². The minimum Gasteiger partial charge on any atom is -0.381 e. The molecule has 0 aliphatic carbocycles. The molecule has 2 heterocycles. The number of nitrogens with one attached hydrogen (secondary N) is 2. The van der Waals surface area contributed by atoms with Crippen LogP contribution in [0, 0.1) is 0 Å². The predicted molar refractivity (Wildman–Crippen MR) is 89.8 cm³/mol. The summed E-state index contributed by atoms with van der Waals surface area (Å²) in [5.41, 5.74) is 0.976. The Morgan fingerprint density at radius 3 is 2.50 bits per heavy atom. The van der Waals surface area contributed by atoms with Gasteiger partial charge < -0.3 is 10.1 Å². The zero-order chi connectivity index (χ0) is 16.3. The molecule has 24 heavy (non-hydrogen) atoms. The molecule has 0 bridgehead atoms. The van der Waals surface area contributed by atoms with E-state index < -0.39 is 24.9 Å². The molecule has 2 fully saturated rings. The third-order valence-electron chi connectivity index (χ3n) is 4.86. The molecule has 0 spiro atoms. The summed E-state index contributed by atoms with van der Waals surface area (Å²) in [6.45, 7) is 1.31. The van der Waals surface area contributed by atoms with Gasteiger partial charge in [-0.15, -0.1) is 12.4 Å². The normalized spacial score (nSPS) is 24.8. The Balaban J connectivity index is 0.00000208. The van der Waals surface area contributed by atoms with E-state index in [9.17, 15) is 13.6 Å². The molecule has 2 aliphatic heterocycles. The molecule has 4 nitrogen and oxygen atoms in total. The van der Waals surface area contributed by atoms with Gasteiger partial charge in [-0.05, 0) is 18.4 Å². The third kappa shape index (κ3) is 4.23. The summed E-state index contributed by atoms with van der Waals surface area (Å²) in [5.74, 6) is -3.14. The van der Waals surface area contributed by atoms with E-state index in [1.54, 1.807) is 0 Å². The van der Waals surface area contributed by atoms with Gasteiger partial charge in [0.15, 0.2) is 0 Å². The number of amides is 1. The molecule has 134 valence electrons. The molecule has 0 radical (unpaired) electrons. The van der Waals surface area contributed by atoms with Gasteiger partial charge in [-0.1, -0.05) is 30.3 Å². The van der Waals surface area contributed by atoms with Crippen LogP contribution in [0.2, 0.25) is 0 Å². The van der Waals surface area contributed by atoms with Gasteiger partial charge in [0.2, 0.25) is 5.91 Å². The SMILES string of the molecule is Cl.O=C(NCC1(c2ccccc2)CCOCC1)C1CC(F)(F)CN1. The molecule has 1 amide bonds. The highest BCUT2D eigenvalue weighted by Crippen LogP contribution is 2.34. The van der Waals surface area contributed by atoms with E-state index in [-0.39, 0.29) is 23.7 Å². The van der Waals surface area contributed by atoms with Gasteiger partial charge in [-0.3, -0.25) is 10.1 Å². The van der Waals surface area contributed by atoms with Crippen LogP contribution in [0.4, 0.5) is 8.78 Å². The molecule has 1 aromatic carbocycles. The van der Waals surface area contributed by atoms with Crippen molar-refractivity contribution in [1.29, 1.82) is 0 Å². The van der Waals surface area contributed by atoms with E-state index in [2.05, 4.69) is 22.8 Å². The Labute approximate surface area is 146 Å². The Morgan fingerprint density at radius 1 is 1.25 bits per heavy atom. The van der Waals surface area contributed by atoms with E-state index in [1.165, 1.54) is 0 Å². The van der Waals surface area contributed by atoms with Crippen molar-refractivity contribution in [3.8, 4) is 0 Å². The van der Waals surface area contributed by atoms with Crippen LogP contribution in [0.15, 0.2) is 30.3 Å². The summed E-state index contributed by atoms with van der Waals surface area (Å²) in [4.78, 5) is 12.2. The number of benzene rings is 1. The van der Waals surface area contributed by atoms with Crippen LogP contribution in [0.1, 0.15) is 24.8 Å². The van der Waals surface area contributed by atoms with Crippen molar-refractivity contribution in [2.75, 3.05) is 26.3 Å². The minimum atomic E-state index is -2.79. The van der Waals surface area contributed by atoms with Gasteiger partial charge in [-0.25, -0.2) is 8.78 Å². The molecular formula is C17H23ClF2N2O2. The summed E-state index contributed by atoms with van der Waals surface area (Å²) in [5, 5.41) is 5.48. The monoisotopic (exact) mass is 360 g/mol. The Bertz CT molecular complexity index is 551. The van der Waals surface area contributed by atoms with Gasteiger partial charge in [-0.2, -0.15) is 0 Å². The molecule has 0 saturated carbocycles. The fraction of sp³-hybridized carbons (Fsp3) is 0.588. The van der Waals surface area contributed by atoms with Crippen molar-refractivity contribution in [3.05, 3.63) is 35.9 Å². The second-order valence-corrected chi connectivity index (χ2v) is 6.47. The highest BCUT2D eigenvalue weighted by Gasteiger charge is 2.43. The highest BCUT2D eigenvalue weighted by atomic mass is 35.5. The molecular weight excluding hydrogens is 338 g/mol. The molecule has 3 rings (SSSR count). The van der Waals surface area contributed by atoms with E-state index in [0.717, 1.165) is 18.4 Å². The summed E-state index contributed by atoms with van der Waals surface area (Å²) < 4.78 is 31.9. The minimum absolute atomic E-state index is 0. The lowest BCUT2D eigenvalue weighted by molar-refractivity contribution is -0.123. The van der Waals surface area contributed by atoms with Crippen LogP contribution in [0.25, 0.3) is 0 Å². The van der Waals surface area contributed by atoms with Crippen molar-refractivity contribution < 1.29 is 18.3 Å². The zero-order valence-electron chi connectivity index (χ0n) is 13.4. The van der Waals surface area contributed by atoms with Crippen molar-refractivity contribution in [2.45, 2.75) is 36.6 Å². The number of alkyl halides is 2. The maximum atomic E-state index is 13.2. The van der Waals surface area contributed by atoms with Crippen LogP contribution in [-0.2, 0) is 14.9 Å². The van der Waals surface area contributed by atoms with Crippen molar-refractivity contribution >= 4 is 18.3 Å². The van der Waals surface area contributed by atoms with E-state index in [0.29, 0.717) is 19.8 Å². The number of carbonyl (C=O) groups excluding carboxylic acids is 1.